The fourth-order valence-electron chi connectivity index (χ4n) is 1.17. The molecule has 0 heterocycles. The van der Waals surface area contributed by atoms with Gasteiger partial charge >= 0.3 is 5.97 Å². The first-order chi connectivity index (χ1) is 8.22. The number of benzene rings is 1. The Morgan fingerprint density at radius 3 is 2.56 bits per heavy atom. The molecule has 1 unspecified atom stereocenters. The topological polar surface area (TPSA) is 113 Å². The molecule has 6 nitrogen and oxygen atoms in total. The number of carboxylic acids is 1. The number of halogens is 1. The van der Waals surface area contributed by atoms with Gasteiger partial charge in [-0.25, -0.2) is 4.79 Å². The highest BCUT2D eigenvalue weighted by Crippen LogP contribution is 2.16. The Morgan fingerprint density at radius 1 is 1.44 bits per heavy atom. The van der Waals surface area contributed by atoms with Crippen molar-refractivity contribution in [1.82, 2.24) is 5.32 Å². The van der Waals surface area contributed by atoms with Crippen LogP contribution in [0.3, 0.4) is 0 Å². The lowest BCUT2D eigenvalue weighted by Gasteiger charge is -2.18. The van der Waals surface area contributed by atoms with Crippen molar-refractivity contribution in [3.8, 4) is 0 Å². The fourth-order valence-corrected chi connectivity index (χ4v) is 1.42. The minimum Gasteiger partial charge on any atom is -0.479 e. The molecule has 1 amide bonds. The van der Waals surface area contributed by atoms with Crippen molar-refractivity contribution < 1.29 is 19.8 Å². The van der Waals surface area contributed by atoms with E-state index in [4.69, 9.17) is 22.4 Å². The first kappa shape index (κ1) is 14.3. The molecule has 0 bridgehead atoms. The molecular weight excluding hydrogens is 260 g/mol. The van der Waals surface area contributed by atoms with Crippen molar-refractivity contribution in [2.45, 2.75) is 12.5 Å². The molecule has 1 atom stereocenters. The number of hydrogen-bond donors (Lipinski definition) is 4. The maximum absolute atomic E-state index is 11.7. The van der Waals surface area contributed by atoms with Gasteiger partial charge in [0.25, 0.3) is 5.91 Å². The Bertz CT molecular complexity index is 468. The highest BCUT2D eigenvalue weighted by Gasteiger charge is 2.30. The maximum Gasteiger partial charge on any atom is 0.337 e. The number of nitrogens with two attached hydrogens (primary N) is 1. The van der Waals surface area contributed by atoms with Gasteiger partial charge in [-0.05, 0) is 25.1 Å². The van der Waals surface area contributed by atoms with E-state index in [9.17, 15) is 14.7 Å². The molecule has 18 heavy (non-hydrogen) atoms. The Kier molecular flexibility index (Phi) is 4.15. The zero-order chi connectivity index (χ0) is 13.9. The van der Waals surface area contributed by atoms with Crippen molar-refractivity contribution in [3.63, 3.8) is 0 Å². The van der Waals surface area contributed by atoms with E-state index in [2.05, 4.69) is 5.32 Å². The molecular formula is C11H13ClN2O4. The molecule has 0 saturated carbocycles. The molecule has 1 rings (SSSR count). The molecule has 7 heteroatoms. The molecule has 0 aromatic heterocycles. The monoisotopic (exact) mass is 272 g/mol. The van der Waals surface area contributed by atoms with Crippen molar-refractivity contribution in [1.29, 1.82) is 0 Å². The number of aliphatic carboxylic acids is 1. The van der Waals surface area contributed by atoms with Crippen molar-refractivity contribution in [3.05, 3.63) is 28.8 Å². The molecule has 1 aromatic carbocycles. The van der Waals surface area contributed by atoms with Crippen LogP contribution in [0.5, 0.6) is 0 Å². The third-order valence-corrected chi connectivity index (χ3v) is 2.45. The minimum absolute atomic E-state index is 0.196. The Labute approximate surface area is 108 Å². The third kappa shape index (κ3) is 3.61. The SMILES string of the molecule is CC(O)(CNC(=O)c1cc(N)cc(Cl)c1)C(=O)O. The molecule has 0 aliphatic heterocycles. The Balaban J connectivity index is 2.75. The van der Waals surface area contributed by atoms with Crippen LogP contribution in [-0.2, 0) is 4.79 Å². The van der Waals surface area contributed by atoms with Crippen LogP contribution in [-0.4, -0.2) is 34.2 Å². The zero-order valence-corrected chi connectivity index (χ0v) is 10.4. The van der Waals surface area contributed by atoms with Gasteiger partial charge in [0.15, 0.2) is 5.60 Å². The third-order valence-electron chi connectivity index (χ3n) is 2.24. The number of hydrogen-bond acceptors (Lipinski definition) is 4. The van der Waals surface area contributed by atoms with Gasteiger partial charge in [-0.3, -0.25) is 4.79 Å². The van der Waals surface area contributed by atoms with E-state index in [0.717, 1.165) is 6.92 Å². The molecule has 0 aliphatic carbocycles. The number of carboxylic acid groups (broad SMARTS) is 1. The summed E-state index contributed by atoms with van der Waals surface area (Å²) in [7, 11) is 0. The van der Waals surface area contributed by atoms with Gasteiger partial charge in [0.1, 0.15) is 0 Å². The highest BCUT2D eigenvalue weighted by atomic mass is 35.5. The molecule has 1 aromatic rings. The molecule has 0 radical (unpaired) electrons. The van der Waals surface area contributed by atoms with Gasteiger partial charge in [0.2, 0.25) is 0 Å². The fraction of sp³-hybridized carbons (Fsp3) is 0.273. The maximum atomic E-state index is 11.7. The van der Waals surface area contributed by atoms with Crippen LogP contribution in [0.25, 0.3) is 0 Å². The number of nitrogen functional groups attached to an aromatic ring is 1. The second kappa shape index (κ2) is 5.24. The molecule has 0 spiro atoms. The first-order valence-electron chi connectivity index (χ1n) is 5.02. The number of carbonyl (C=O) groups excluding carboxylic acids is 1. The lowest BCUT2D eigenvalue weighted by atomic mass is 10.1. The molecule has 98 valence electrons. The summed E-state index contributed by atoms with van der Waals surface area (Å²) in [5, 5.41) is 20.7. The van der Waals surface area contributed by atoms with Crippen molar-refractivity contribution >= 4 is 29.2 Å². The highest BCUT2D eigenvalue weighted by molar-refractivity contribution is 6.31. The van der Waals surface area contributed by atoms with E-state index < -0.39 is 24.0 Å². The summed E-state index contributed by atoms with van der Waals surface area (Å²) in [5.41, 5.74) is 4.00. The van der Waals surface area contributed by atoms with Crippen LogP contribution in [0, 0.1) is 0 Å². The van der Waals surface area contributed by atoms with E-state index >= 15 is 0 Å². The molecule has 0 saturated heterocycles. The number of nitrogens with one attached hydrogen (secondary N) is 1. The lowest BCUT2D eigenvalue weighted by Crippen LogP contribution is -2.46. The van der Waals surface area contributed by atoms with Crippen molar-refractivity contribution in [2.24, 2.45) is 0 Å². The van der Waals surface area contributed by atoms with E-state index in [0.29, 0.717) is 10.7 Å². The van der Waals surface area contributed by atoms with Crippen molar-refractivity contribution in [2.75, 3.05) is 12.3 Å². The second-order valence-electron chi connectivity index (χ2n) is 4.03. The predicted molar refractivity (Wildman–Crippen MR) is 66.5 cm³/mol. The standard InChI is InChI=1S/C11H13ClN2O4/c1-11(18,10(16)17)5-14-9(15)6-2-7(12)4-8(13)3-6/h2-4,18H,5,13H2,1H3,(H,14,15)(H,16,17). The molecule has 5 N–H and O–H groups in total. The first-order valence-corrected chi connectivity index (χ1v) is 5.40. The normalized spacial score (nSPS) is 13.7. The number of anilines is 1. The number of amides is 1. The average Bonchev–Trinajstić information content (AvgIpc) is 2.24. The van der Waals surface area contributed by atoms with Gasteiger partial charge in [-0.1, -0.05) is 11.6 Å². The summed E-state index contributed by atoms with van der Waals surface area (Å²) in [4.78, 5) is 22.3. The lowest BCUT2D eigenvalue weighted by molar-refractivity contribution is -0.155. The van der Waals surface area contributed by atoms with Gasteiger partial charge < -0.3 is 21.3 Å². The summed E-state index contributed by atoms with van der Waals surface area (Å²) in [6.45, 7) is 0.662. The molecule has 0 aliphatic rings. The predicted octanol–water partition coefficient (Wildman–Crippen LogP) is 0.488. The minimum atomic E-state index is -2.03. The van der Waals surface area contributed by atoms with Gasteiger partial charge in [-0.15, -0.1) is 0 Å². The smallest absolute Gasteiger partial charge is 0.337 e. The van der Waals surface area contributed by atoms with Gasteiger partial charge in [0, 0.05) is 16.3 Å². The number of carbonyl (C=O) groups is 2. The summed E-state index contributed by atoms with van der Waals surface area (Å²) in [6.07, 6.45) is 0. The summed E-state index contributed by atoms with van der Waals surface area (Å²) in [6, 6.07) is 4.27. The molecule has 0 fully saturated rings. The van der Waals surface area contributed by atoms with Crippen LogP contribution >= 0.6 is 11.6 Å². The largest absolute Gasteiger partial charge is 0.479 e. The Morgan fingerprint density at radius 2 is 2.06 bits per heavy atom. The van der Waals surface area contributed by atoms with E-state index in [1.807, 2.05) is 0 Å². The van der Waals surface area contributed by atoms with Gasteiger partial charge in [-0.2, -0.15) is 0 Å². The summed E-state index contributed by atoms with van der Waals surface area (Å²) < 4.78 is 0. The zero-order valence-electron chi connectivity index (χ0n) is 9.61. The second-order valence-corrected chi connectivity index (χ2v) is 4.47. The van der Waals surface area contributed by atoms with E-state index in [1.54, 1.807) is 0 Å². The summed E-state index contributed by atoms with van der Waals surface area (Å²) >= 11 is 5.73. The number of rotatable bonds is 4. The summed E-state index contributed by atoms with van der Waals surface area (Å²) in [5.74, 6) is -1.99. The van der Waals surface area contributed by atoms with Crippen LogP contribution < -0.4 is 11.1 Å². The van der Waals surface area contributed by atoms with Crippen LogP contribution in [0.4, 0.5) is 5.69 Å². The average molecular weight is 273 g/mol. The quantitative estimate of drug-likeness (QED) is 0.596. The van der Waals surface area contributed by atoms with E-state index in [-0.39, 0.29) is 5.56 Å². The van der Waals surface area contributed by atoms with Crippen LogP contribution in [0.1, 0.15) is 17.3 Å². The Hall–Kier alpha value is -1.79. The number of aliphatic hydroxyl groups is 1. The van der Waals surface area contributed by atoms with Crippen LogP contribution in [0.15, 0.2) is 18.2 Å². The van der Waals surface area contributed by atoms with Crippen LogP contribution in [0.2, 0.25) is 5.02 Å². The van der Waals surface area contributed by atoms with E-state index in [1.165, 1.54) is 18.2 Å². The van der Waals surface area contributed by atoms with Gasteiger partial charge in [0.05, 0.1) is 6.54 Å².